The van der Waals surface area contributed by atoms with Crippen molar-refractivity contribution < 1.29 is 77.5 Å². The fourth-order valence-electron chi connectivity index (χ4n) is 1.22. The smallest absolute Gasteiger partial charge is 0.744 e. The van der Waals surface area contributed by atoms with Crippen molar-refractivity contribution in [1.29, 1.82) is 0 Å². The number of sulfonamides is 1. The molecule has 1 N–H and O–H groups in total. The van der Waals surface area contributed by atoms with Gasteiger partial charge in [-0.2, -0.15) is 0 Å². The van der Waals surface area contributed by atoms with Gasteiger partial charge in [0.2, 0.25) is 10.0 Å². The molecule has 0 bridgehead atoms. The summed E-state index contributed by atoms with van der Waals surface area (Å²) in [5, 5.41) is 0. The van der Waals surface area contributed by atoms with Crippen molar-refractivity contribution >= 4 is 20.1 Å². The van der Waals surface area contributed by atoms with Gasteiger partial charge in [-0.25, -0.2) is 21.6 Å². The third kappa shape index (κ3) is 8.69. The van der Waals surface area contributed by atoms with Gasteiger partial charge in [-0.15, -0.1) is 0 Å². The van der Waals surface area contributed by atoms with Crippen LogP contribution in [0.2, 0.25) is 0 Å². The molecule has 0 spiro atoms. The Bertz CT molecular complexity index is 612. The Morgan fingerprint density at radius 1 is 1.15 bits per heavy atom. The fourth-order valence-corrected chi connectivity index (χ4v) is 2.21. The molecule has 0 radical (unpaired) electrons. The first-order chi connectivity index (χ1) is 8.68. The van der Waals surface area contributed by atoms with Gasteiger partial charge in [0.15, 0.2) is 0 Å². The van der Waals surface area contributed by atoms with E-state index < -0.39 is 20.1 Å². The van der Waals surface area contributed by atoms with Crippen LogP contribution in [0.5, 0.6) is 5.75 Å². The minimum atomic E-state index is -4.45. The van der Waals surface area contributed by atoms with Crippen LogP contribution in [0.3, 0.4) is 0 Å². The molecule has 0 amide bonds. The van der Waals surface area contributed by atoms with Gasteiger partial charge in [0.05, 0.1) is 17.8 Å². The molecule has 7 nitrogen and oxygen atoms in total. The molecule has 0 aliphatic heterocycles. The standard InChI is InChI=1S/C10H15NO6S2.K/c1-18(12,13)11-7-2-8-17-9-3-5-10(6-4-9)19(14,15)16;/h3-6,11H,2,7-8H2,1H3,(H,14,15,16);/q;+1/p-1. The summed E-state index contributed by atoms with van der Waals surface area (Å²) in [7, 11) is -7.65. The quantitative estimate of drug-likeness (QED) is 0.318. The molecule has 10 heteroatoms. The van der Waals surface area contributed by atoms with E-state index in [0.29, 0.717) is 12.2 Å². The third-order valence-electron chi connectivity index (χ3n) is 2.07. The molecular formula is C10H14KNO6S2. The van der Waals surface area contributed by atoms with E-state index >= 15 is 0 Å². The zero-order valence-corrected chi connectivity index (χ0v) is 16.0. The normalized spacial score (nSPS) is 11.7. The molecule has 0 saturated carbocycles. The minimum Gasteiger partial charge on any atom is -0.744 e. The van der Waals surface area contributed by atoms with E-state index in [1.165, 1.54) is 12.1 Å². The molecule has 0 fully saturated rings. The van der Waals surface area contributed by atoms with Gasteiger partial charge in [-0.1, -0.05) is 0 Å². The van der Waals surface area contributed by atoms with Crippen LogP contribution in [0, 0.1) is 0 Å². The summed E-state index contributed by atoms with van der Waals surface area (Å²) < 4.78 is 61.1. The van der Waals surface area contributed by atoms with E-state index in [1.54, 1.807) is 0 Å². The zero-order valence-electron chi connectivity index (χ0n) is 11.2. The molecule has 0 aromatic heterocycles. The Labute approximate surface area is 161 Å². The number of hydrogen-bond donors (Lipinski definition) is 1. The Hall–Kier alpha value is 0.476. The molecule has 0 aliphatic rings. The Morgan fingerprint density at radius 3 is 2.15 bits per heavy atom. The van der Waals surface area contributed by atoms with E-state index in [9.17, 15) is 21.4 Å². The monoisotopic (exact) mass is 347 g/mol. The van der Waals surface area contributed by atoms with E-state index in [2.05, 4.69) is 4.72 Å². The summed E-state index contributed by atoms with van der Waals surface area (Å²) in [5.74, 6) is 0.409. The van der Waals surface area contributed by atoms with Crippen LogP contribution in [0.15, 0.2) is 29.2 Å². The summed E-state index contributed by atoms with van der Waals surface area (Å²) in [6, 6.07) is 5.06. The number of nitrogens with one attached hydrogen (secondary N) is 1. The summed E-state index contributed by atoms with van der Waals surface area (Å²) in [6.07, 6.45) is 1.53. The molecule has 1 rings (SSSR count). The average molecular weight is 347 g/mol. The van der Waals surface area contributed by atoms with Crippen LogP contribution >= 0.6 is 0 Å². The molecule has 1 aromatic carbocycles. The van der Waals surface area contributed by atoms with Crippen molar-refractivity contribution in [3.05, 3.63) is 24.3 Å². The van der Waals surface area contributed by atoms with Crippen LogP contribution in [-0.4, -0.2) is 40.8 Å². The first kappa shape index (κ1) is 20.5. The largest absolute Gasteiger partial charge is 1.00 e. The van der Waals surface area contributed by atoms with Gasteiger partial charge in [0, 0.05) is 6.54 Å². The van der Waals surface area contributed by atoms with Crippen LogP contribution in [-0.2, 0) is 20.1 Å². The summed E-state index contributed by atoms with van der Waals surface area (Å²) in [6.45, 7) is 0.526. The fraction of sp³-hybridized carbons (Fsp3) is 0.400. The maximum absolute atomic E-state index is 10.8. The number of ether oxygens (including phenoxy) is 1. The Kier molecular flexibility index (Phi) is 9.02. The molecule has 0 heterocycles. The van der Waals surface area contributed by atoms with Crippen molar-refractivity contribution in [3.8, 4) is 5.75 Å². The summed E-state index contributed by atoms with van der Waals surface area (Å²) in [4.78, 5) is -0.321. The Morgan fingerprint density at radius 2 is 1.70 bits per heavy atom. The molecule has 0 aliphatic carbocycles. The predicted octanol–water partition coefficient (Wildman–Crippen LogP) is -3.09. The summed E-state index contributed by atoms with van der Waals surface area (Å²) >= 11 is 0. The van der Waals surface area contributed by atoms with Gasteiger partial charge in [0.25, 0.3) is 0 Å². The van der Waals surface area contributed by atoms with Crippen LogP contribution in [0.25, 0.3) is 0 Å². The van der Waals surface area contributed by atoms with Crippen LogP contribution in [0.4, 0.5) is 0 Å². The third-order valence-corrected chi connectivity index (χ3v) is 3.64. The zero-order chi connectivity index (χ0) is 14.5. The summed E-state index contributed by atoms with van der Waals surface area (Å²) in [5.41, 5.74) is 0. The SMILES string of the molecule is CS(=O)(=O)NCCCOc1ccc(S(=O)(=O)[O-])cc1.[K+]. The molecule has 1 aromatic rings. The molecule has 0 atom stereocenters. The molecule has 0 unspecified atom stereocenters. The number of hydrogen-bond acceptors (Lipinski definition) is 6. The molecule has 0 saturated heterocycles. The van der Waals surface area contributed by atoms with Crippen molar-refractivity contribution in [1.82, 2.24) is 4.72 Å². The van der Waals surface area contributed by atoms with E-state index in [4.69, 9.17) is 4.74 Å². The molecule has 108 valence electrons. The van der Waals surface area contributed by atoms with Gasteiger partial charge in [0.1, 0.15) is 15.9 Å². The number of rotatable bonds is 7. The minimum absolute atomic E-state index is 0. The first-order valence-electron chi connectivity index (χ1n) is 5.32. The van der Waals surface area contributed by atoms with E-state index in [-0.39, 0.29) is 69.4 Å². The Balaban J connectivity index is 0.00000361. The molecule has 20 heavy (non-hydrogen) atoms. The van der Waals surface area contributed by atoms with Crippen molar-refractivity contribution in [3.63, 3.8) is 0 Å². The van der Waals surface area contributed by atoms with Gasteiger partial charge < -0.3 is 9.29 Å². The molecular weight excluding hydrogens is 333 g/mol. The predicted molar refractivity (Wildman–Crippen MR) is 67.4 cm³/mol. The van der Waals surface area contributed by atoms with E-state index in [0.717, 1.165) is 18.4 Å². The van der Waals surface area contributed by atoms with Crippen LogP contribution in [0.1, 0.15) is 6.42 Å². The first-order valence-corrected chi connectivity index (χ1v) is 8.62. The van der Waals surface area contributed by atoms with Crippen LogP contribution < -0.4 is 60.8 Å². The van der Waals surface area contributed by atoms with Gasteiger partial charge >= 0.3 is 51.4 Å². The maximum atomic E-state index is 10.8. The second-order valence-corrected chi connectivity index (χ2v) is 7.01. The second kappa shape index (κ2) is 8.81. The van der Waals surface area contributed by atoms with Crippen molar-refractivity contribution in [2.45, 2.75) is 11.3 Å². The van der Waals surface area contributed by atoms with Gasteiger partial charge in [-0.05, 0) is 30.7 Å². The second-order valence-electron chi connectivity index (χ2n) is 3.79. The van der Waals surface area contributed by atoms with Gasteiger partial charge in [-0.3, -0.25) is 0 Å². The van der Waals surface area contributed by atoms with E-state index in [1.807, 2.05) is 0 Å². The number of benzene rings is 1. The van der Waals surface area contributed by atoms with Crippen molar-refractivity contribution in [2.75, 3.05) is 19.4 Å². The average Bonchev–Trinajstić information content (AvgIpc) is 2.26. The van der Waals surface area contributed by atoms with Crippen molar-refractivity contribution in [2.24, 2.45) is 0 Å². The topological polar surface area (TPSA) is 113 Å². The maximum Gasteiger partial charge on any atom is 1.00 e.